The number of hydrogen-bond acceptors (Lipinski definition) is 5. The third-order valence-electron chi connectivity index (χ3n) is 4.42. The van der Waals surface area contributed by atoms with Gasteiger partial charge in [-0.3, -0.25) is 4.90 Å². The fourth-order valence-corrected chi connectivity index (χ4v) is 4.38. The summed E-state index contributed by atoms with van der Waals surface area (Å²) in [5.41, 5.74) is 7.03. The maximum atomic E-state index is 11.1. The van der Waals surface area contributed by atoms with Crippen molar-refractivity contribution < 1.29 is 13.2 Å². The highest BCUT2D eigenvalue weighted by Gasteiger charge is 2.35. The highest BCUT2D eigenvalue weighted by Crippen LogP contribution is 2.34. The molecule has 6 heteroatoms. The minimum atomic E-state index is -2.83. The van der Waals surface area contributed by atoms with Crippen LogP contribution in [0.1, 0.15) is 18.0 Å². The molecule has 2 fully saturated rings. The molecular weight excluding hydrogens is 288 g/mol. The van der Waals surface area contributed by atoms with E-state index in [1.165, 1.54) is 5.56 Å². The first-order valence-electron chi connectivity index (χ1n) is 7.34. The predicted molar refractivity (Wildman–Crippen MR) is 82.0 cm³/mol. The quantitative estimate of drug-likeness (QED) is 0.891. The number of rotatable bonds is 4. The third-order valence-corrected chi connectivity index (χ3v) is 6.17. The lowest BCUT2D eigenvalue weighted by atomic mass is 10.00. The van der Waals surface area contributed by atoms with E-state index in [1.807, 2.05) is 12.1 Å². The molecule has 0 spiro atoms. The average molecular weight is 310 g/mol. The van der Waals surface area contributed by atoms with Crippen LogP contribution >= 0.6 is 0 Å². The monoisotopic (exact) mass is 310 g/mol. The fourth-order valence-electron chi connectivity index (χ4n) is 3.21. The van der Waals surface area contributed by atoms with Gasteiger partial charge >= 0.3 is 0 Å². The van der Waals surface area contributed by atoms with Crippen molar-refractivity contribution in [3.05, 3.63) is 29.8 Å². The summed E-state index contributed by atoms with van der Waals surface area (Å²) in [7, 11) is -0.703. The number of benzene rings is 1. The number of nitrogens with zero attached hydrogens (tertiary/aromatic N) is 1. The van der Waals surface area contributed by atoms with Crippen LogP contribution in [-0.4, -0.2) is 51.1 Å². The van der Waals surface area contributed by atoms with Crippen molar-refractivity contribution in [2.24, 2.45) is 11.7 Å². The van der Waals surface area contributed by atoms with Gasteiger partial charge in [-0.05, 0) is 43.6 Å². The Morgan fingerprint density at radius 2 is 1.95 bits per heavy atom. The lowest BCUT2D eigenvalue weighted by molar-refractivity contribution is 0.230. The maximum absolute atomic E-state index is 11.1. The van der Waals surface area contributed by atoms with Crippen molar-refractivity contribution >= 4 is 9.84 Å². The molecule has 0 radical (unpaired) electrons. The van der Waals surface area contributed by atoms with Crippen LogP contribution in [0.5, 0.6) is 5.75 Å². The topological polar surface area (TPSA) is 72.6 Å². The Balaban J connectivity index is 1.62. The summed E-state index contributed by atoms with van der Waals surface area (Å²) >= 11 is 0. The molecule has 2 atom stereocenters. The van der Waals surface area contributed by atoms with E-state index in [2.05, 4.69) is 24.1 Å². The summed E-state index contributed by atoms with van der Waals surface area (Å²) in [4.78, 5) is 2.34. The molecule has 0 bridgehead atoms. The zero-order valence-electron chi connectivity index (χ0n) is 12.2. The van der Waals surface area contributed by atoms with Gasteiger partial charge < -0.3 is 10.5 Å². The second-order valence-corrected chi connectivity index (χ2v) is 8.33. The van der Waals surface area contributed by atoms with Gasteiger partial charge in [0, 0.05) is 12.6 Å². The second-order valence-electron chi connectivity index (χ2n) is 6.18. The molecule has 0 aliphatic carbocycles. The predicted octanol–water partition coefficient (Wildman–Crippen LogP) is 0.814. The molecule has 21 heavy (non-hydrogen) atoms. The Hall–Kier alpha value is -1.11. The van der Waals surface area contributed by atoms with Crippen LogP contribution in [0.3, 0.4) is 0 Å². The summed E-state index contributed by atoms with van der Waals surface area (Å²) in [6, 6.07) is 8.43. The van der Waals surface area contributed by atoms with Crippen LogP contribution in [0.25, 0.3) is 0 Å². The molecule has 1 aromatic rings. The number of ether oxygens (including phenoxy) is 1. The van der Waals surface area contributed by atoms with Gasteiger partial charge in [0.2, 0.25) is 0 Å². The number of sulfone groups is 1. The van der Waals surface area contributed by atoms with Crippen LogP contribution in [0.4, 0.5) is 0 Å². The second kappa shape index (κ2) is 5.59. The van der Waals surface area contributed by atoms with Crippen molar-refractivity contribution in [2.45, 2.75) is 18.6 Å². The molecule has 2 unspecified atom stereocenters. The van der Waals surface area contributed by atoms with Gasteiger partial charge in [0.15, 0.2) is 9.84 Å². The summed E-state index contributed by atoms with van der Waals surface area (Å²) < 4.78 is 27.9. The van der Waals surface area contributed by atoms with Crippen molar-refractivity contribution in [3.63, 3.8) is 0 Å². The Labute approximate surface area is 126 Å². The van der Waals surface area contributed by atoms with Gasteiger partial charge in [0.25, 0.3) is 0 Å². The Bertz CT molecular complexity index is 588. The van der Waals surface area contributed by atoms with E-state index < -0.39 is 9.84 Å². The molecule has 2 aliphatic heterocycles. The lowest BCUT2D eigenvalue weighted by Crippen LogP contribution is -2.45. The molecule has 0 saturated carbocycles. The van der Waals surface area contributed by atoms with Crippen molar-refractivity contribution in [2.75, 3.05) is 31.6 Å². The standard InChI is InChI=1S/C15H22N2O3S/c1-17-8-11(7-16)6-15(17)12-2-4-13(5-3-12)20-14-9-21(18,19)10-14/h2-5,11,14-15H,6-10,16H2,1H3. The van der Waals surface area contributed by atoms with Gasteiger partial charge in [0.1, 0.15) is 11.9 Å². The molecule has 2 N–H and O–H groups in total. The molecule has 116 valence electrons. The summed E-state index contributed by atoms with van der Waals surface area (Å²) in [5.74, 6) is 1.59. The minimum Gasteiger partial charge on any atom is -0.488 e. The normalized spacial score (nSPS) is 29.2. The van der Waals surface area contributed by atoms with E-state index in [0.29, 0.717) is 12.0 Å². The number of likely N-dealkylation sites (tertiary alicyclic amines) is 1. The van der Waals surface area contributed by atoms with Crippen molar-refractivity contribution in [3.8, 4) is 5.75 Å². The smallest absolute Gasteiger partial charge is 0.157 e. The van der Waals surface area contributed by atoms with E-state index in [-0.39, 0.29) is 17.6 Å². The Morgan fingerprint density at radius 3 is 2.48 bits per heavy atom. The summed E-state index contributed by atoms with van der Waals surface area (Å²) in [5, 5.41) is 0. The molecule has 0 aromatic heterocycles. The van der Waals surface area contributed by atoms with Gasteiger partial charge in [-0.1, -0.05) is 12.1 Å². The molecule has 5 nitrogen and oxygen atoms in total. The minimum absolute atomic E-state index is 0.137. The Morgan fingerprint density at radius 1 is 1.29 bits per heavy atom. The first-order chi connectivity index (χ1) is 9.97. The largest absolute Gasteiger partial charge is 0.488 e. The van der Waals surface area contributed by atoms with E-state index >= 15 is 0 Å². The van der Waals surface area contributed by atoms with E-state index in [9.17, 15) is 8.42 Å². The fraction of sp³-hybridized carbons (Fsp3) is 0.600. The van der Waals surface area contributed by atoms with E-state index in [1.54, 1.807) is 0 Å². The Kier molecular flexibility index (Phi) is 3.94. The maximum Gasteiger partial charge on any atom is 0.157 e. The van der Waals surface area contributed by atoms with E-state index in [0.717, 1.165) is 25.3 Å². The van der Waals surface area contributed by atoms with E-state index in [4.69, 9.17) is 10.5 Å². The highest BCUT2D eigenvalue weighted by atomic mass is 32.2. The lowest BCUT2D eigenvalue weighted by Gasteiger charge is -2.27. The van der Waals surface area contributed by atoms with Crippen LogP contribution in [0.15, 0.2) is 24.3 Å². The zero-order chi connectivity index (χ0) is 15.0. The molecule has 3 rings (SSSR count). The SMILES string of the molecule is CN1CC(CN)CC1c1ccc(OC2CS(=O)(=O)C2)cc1. The molecular formula is C15H22N2O3S. The van der Waals surface area contributed by atoms with Gasteiger partial charge in [-0.15, -0.1) is 0 Å². The number of hydrogen-bond donors (Lipinski definition) is 1. The summed E-state index contributed by atoms with van der Waals surface area (Å²) in [6.45, 7) is 1.78. The molecule has 1 aromatic carbocycles. The number of nitrogens with two attached hydrogens (primary N) is 1. The average Bonchev–Trinajstić information content (AvgIpc) is 2.79. The van der Waals surface area contributed by atoms with Crippen molar-refractivity contribution in [1.82, 2.24) is 4.90 Å². The first-order valence-corrected chi connectivity index (χ1v) is 9.16. The van der Waals surface area contributed by atoms with Gasteiger partial charge in [-0.25, -0.2) is 8.42 Å². The molecule has 0 amide bonds. The first kappa shape index (κ1) is 14.8. The zero-order valence-corrected chi connectivity index (χ0v) is 13.1. The van der Waals surface area contributed by atoms with Crippen molar-refractivity contribution in [1.29, 1.82) is 0 Å². The van der Waals surface area contributed by atoms with Crippen LogP contribution < -0.4 is 10.5 Å². The van der Waals surface area contributed by atoms with Crippen LogP contribution in [0, 0.1) is 5.92 Å². The molecule has 2 heterocycles. The van der Waals surface area contributed by atoms with Gasteiger partial charge in [-0.2, -0.15) is 0 Å². The third kappa shape index (κ3) is 3.22. The van der Waals surface area contributed by atoms with Crippen LogP contribution in [0.2, 0.25) is 0 Å². The molecule has 2 aliphatic rings. The molecule has 2 saturated heterocycles. The summed E-state index contributed by atoms with van der Waals surface area (Å²) in [6.07, 6.45) is 0.908. The van der Waals surface area contributed by atoms with Crippen LogP contribution in [-0.2, 0) is 9.84 Å². The highest BCUT2D eigenvalue weighted by molar-refractivity contribution is 7.92. The van der Waals surface area contributed by atoms with Gasteiger partial charge in [0.05, 0.1) is 11.5 Å².